The predicted molar refractivity (Wildman–Crippen MR) is 145 cm³/mol. The fourth-order valence-corrected chi connectivity index (χ4v) is 7.99. The fraction of sp³-hybridized carbons (Fsp3) is 0.148. The van der Waals surface area contributed by atoms with E-state index in [9.17, 15) is 18.0 Å². The number of halogens is 3. The second kappa shape index (κ2) is 12.5. The standard InChI is InChI=1S/C26H23OS3.CHF3O3S/c1-18-4-12-23(13-5-18)30(24-14-6-19(2)7-15-24)26-17-16-25(29-26)28-22-10-8-21(9-11-22)20(3)27;2-1(3,4)8(5,6)7/h4-17H,1-3H3;(H,5,6,7)/q+1;/p-1. The van der Waals surface area contributed by atoms with E-state index in [-0.39, 0.29) is 16.7 Å². The van der Waals surface area contributed by atoms with Gasteiger partial charge in [0.25, 0.3) is 0 Å². The molecular weight excluding hydrogens is 574 g/mol. The highest BCUT2D eigenvalue weighted by atomic mass is 32.2. The molecular formula is C27H23F3O4S4. The summed E-state index contributed by atoms with van der Waals surface area (Å²) in [5.41, 5.74) is -2.33. The lowest BCUT2D eigenvalue weighted by Gasteiger charge is -2.08. The van der Waals surface area contributed by atoms with Crippen molar-refractivity contribution in [3.63, 3.8) is 0 Å². The number of hydrogen-bond donors (Lipinski definition) is 0. The average molecular weight is 597 g/mol. The molecule has 0 spiro atoms. The maximum absolute atomic E-state index is 11.5. The van der Waals surface area contributed by atoms with Gasteiger partial charge in [-0.3, -0.25) is 4.79 Å². The molecule has 4 nitrogen and oxygen atoms in total. The maximum atomic E-state index is 11.5. The van der Waals surface area contributed by atoms with Crippen LogP contribution in [0.3, 0.4) is 0 Å². The lowest BCUT2D eigenvalue weighted by Crippen LogP contribution is -2.21. The highest BCUT2D eigenvalue weighted by Gasteiger charge is 2.37. The monoisotopic (exact) mass is 596 g/mol. The minimum absolute atomic E-state index is 0.102. The number of alkyl halides is 3. The SMILES string of the molecule is CC(=O)c1ccc(Sc2ccc([S+](c3ccc(C)cc3)c3ccc(C)cc3)s2)cc1.O=S(=O)([O-])C(F)(F)F. The van der Waals surface area contributed by atoms with Crippen molar-refractivity contribution in [2.24, 2.45) is 0 Å². The molecule has 0 aliphatic carbocycles. The second-order valence-corrected chi connectivity index (χ2v) is 14.2. The van der Waals surface area contributed by atoms with Crippen molar-refractivity contribution in [3.8, 4) is 0 Å². The highest BCUT2D eigenvalue weighted by Crippen LogP contribution is 2.40. The zero-order valence-electron chi connectivity index (χ0n) is 20.5. The van der Waals surface area contributed by atoms with Gasteiger partial charge in [0.15, 0.2) is 25.7 Å². The number of ketones is 1. The second-order valence-electron chi connectivity index (χ2n) is 8.09. The lowest BCUT2D eigenvalue weighted by atomic mass is 10.2. The van der Waals surface area contributed by atoms with Crippen molar-refractivity contribution in [3.05, 3.63) is 102 Å². The van der Waals surface area contributed by atoms with Gasteiger partial charge in [-0.2, -0.15) is 13.2 Å². The molecule has 38 heavy (non-hydrogen) atoms. The Balaban J connectivity index is 0.000000436. The molecule has 0 unspecified atom stereocenters. The van der Waals surface area contributed by atoms with Crippen LogP contribution in [0.1, 0.15) is 28.4 Å². The first kappa shape index (κ1) is 30.0. The van der Waals surface area contributed by atoms with Crippen LogP contribution in [-0.4, -0.2) is 24.3 Å². The first-order valence-corrected chi connectivity index (χ1v) is 15.3. The molecule has 4 aromatic rings. The zero-order chi connectivity index (χ0) is 28.1. The van der Waals surface area contributed by atoms with E-state index in [2.05, 4.69) is 74.5 Å². The van der Waals surface area contributed by atoms with E-state index in [0.29, 0.717) is 0 Å². The average Bonchev–Trinajstić information content (AvgIpc) is 3.29. The van der Waals surface area contributed by atoms with Gasteiger partial charge < -0.3 is 4.55 Å². The Kier molecular flexibility index (Phi) is 9.88. The van der Waals surface area contributed by atoms with Crippen LogP contribution in [-0.2, 0) is 21.0 Å². The number of carbonyl (C=O) groups excluding carboxylic acids is 1. The minimum Gasteiger partial charge on any atom is -0.741 e. The molecule has 200 valence electrons. The predicted octanol–water partition coefficient (Wildman–Crippen LogP) is 7.87. The maximum Gasteiger partial charge on any atom is 0.485 e. The van der Waals surface area contributed by atoms with E-state index >= 15 is 0 Å². The van der Waals surface area contributed by atoms with Gasteiger partial charge in [-0.15, -0.1) is 0 Å². The fourth-order valence-electron chi connectivity index (χ4n) is 3.06. The summed E-state index contributed by atoms with van der Waals surface area (Å²) in [6.45, 7) is 5.86. The van der Waals surface area contributed by atoms with E-state index in [1.54, 1.807) is 18.7 Å². The summed E-state index contributed by atoms with van der Waals surface area (Å²) in [7, 11) is -6.21. The van der Waals surface area contributed by atoms with Crippen molar-refractivity contribution in [2.75, 3.05) is 0 Å². The topological polar surface area (TPSA) is 74.3 Å². The first-order chi connectivity index (χ1) is 17.7. The van der Waals surface area contributed by atoms with E-state index in [0.717, 1.165) is 10.5 Å². The van der Waals surface area contributed by atoms with Crippen LogP contribution < -0.4 is 0 Å². The molecule has 0 aliphatic heterocycles. The van der Waals surface area contributed by atoms with Crippen LogP contribution >= 0.6 is 23.1 Å². The molecule has 11 heteroatoms. The van der Waals surface area contributed by atoms with Gasteiger partial charge in [0.1, 0.15) is 10.9 Å². The van der Waals surface area contributed by atoms with E-state index < -0.39 is 15.6 Å². The highest BCUT2D eigenvalue weighted by molar-refractivity contribution is 8.02. The van der Waals surface area contributed by atoms with Crippen LogP contribution in [0.4, 0.5) is 13.2 Å². The third-order valence-corrected chi connectivity index (χ3v) is 10.4. The van der Waals surface area contributed by atoms with Crippen molar-refractivity contribution >= 4 is 49.9 Å². The molecule has 0 radical (unpaired) electrons. The number of benzene rings is 3. The van der Waals surface area contributed by atoms with Crippen molar-refractivity contribution in [1.82, 2.24) is 0 Å². The van der Waals surface area contributed by atoms with Crippen LogP contribution in [0.5, 0.6) is 0 Å². The summed E-state index contributed by atoms with van der Waals surface area (Å²) < 4.78 is 61.5. The Morgan fingerprint density at radius 3 is 1.66 bits per heavy atom. The number of aryl methyl sites for hydroxylation is 2. The van der Waals surface area contributed by atoms with Gasteiger partial charge >= 0.3 is 5.51 Å². The van der Waals surface area contributed by atoms with Gasteiger partial charge in [0.05, 0.1) is 4.21 Å². The minimum atomic E-state index is -6.09. The molecule has 3 aromatic carbocycles. The number of rotatable bonds is 6. The smallest absolute Gasteiger partial charge is 0.485 e. The molecule has 0 fully saturated rings. The van der Waals surface area contributed by atoms with Crippen molar-refractivity contribution in [2.45, 2.75) is 49.4 Å². The third-order valence-electron chi connectivity index (χ3n) is 5.03. The lowest BCUT2D eigenvalue weighted by molar-refractivity contribution is -0.0517. The molecule has 1 aromatic heterocycles. The van der Waals surface area contributed by atoms with E-state index in [4.69, 9.17) is 13.0 Å². The summed E-state index contributed by atoms with van der Waals surface area (Å²) in [6.07, 6.45) is 0. The molecule has 0 atom stereocenters. The molecule has 1 heterocycles. The molecule has 0 amide bonds. The summed E-state index contributed by atoms with van der Waals surface area (Å²) in [5, 5.41) is 0. The number of hydrogen-bond acceptors (Lipinski definition) is 6. The summed E-state index contributed by atoms with van der Waals surface area (Å²) >= 11 is 3.61. The summed E-state index contributed by atoms with van der Waals surface area (Å²) in [6, 6.07) is 30.2. The quantitative estimate of drug-likeness (QED) is 0.0980. The Morgan fingerprint density at radius 2 is 1.26 bits per heavy atom. The van der Waals surface area contributed by atoms with Crippen LogP contribution in [0.25, 0.3) is 0 Å². The van der Waals surface area contributed by atoms with Crippen LogP contribution in [0.15, 0.2) is 108 Å². The summed E-state index contributed by atoms with van der Waals surface area (Å²) in [5.74, 6) is 0.102. The molecule has 0 saturated carbocycles. The van der Waals surface area contributed by atoms with Gasteiger partial charge in [0, 0.05) is 16.5 Å². The van der Waals surface area contributed by atoms with Crippen LogP contribution in [0.2, 0.25) is 0 Å². The number of thiophene rings is 1. The van der Waals surface area contributed by atoms with Crippen molar-refractivity contribution < 1.29 is 30.9 Å². The molecule has 0 bridgehead atoms. The Hall–Kier alpha value is -2.57. The number of Topliss-reactive ketones (excluding diaryl/α,β-unsaturated/α-hetero) is 1. The largest absolute Gasteiger partial charge is 0.741 e. The van der Waals surface area contributed by atoms with Gasteiger partial charge in [0.2, 0.25) is 4.21 Å². The molecule has 0 N–H and O–H groups in total. The van der Waals surface area contributed by atoms with Crippen molar-refractivity contribution in [1.29, 1.82) is 0 Å². The van der Waals surface area contributed by atoms with E-state index in [1.807, 2.05) is 35.6 Å². The van der Waals surface area contributed by atoms with Gasteiger partial charge in [-0.1, -0.05) is 70.6 Å². The molecule has 0 aliphatic rings. The Morgan fingerprint density at radius 1 is 0.816 bits per heavy atom. The summed E-state index contributed by atoms with van der Waals surface area (Å²) in [4.78, 5) is 15.3. The Bertz CT molecular complexity index is 1430. The van der Waals surface area contributed by atoms with Crippen LogP contribution in [0, 0.1) is 13.8 Å². The van der Waals surface area contributed by atoms with E-state index in [1.165, 1.54) is 29.3 Å². The first-order valence-electron chi connectivity index (χ1n) is 11.0. The Labute approximate surface area is 231 Å². The normalized spacial score (nSPS) is 11.7. The molecule has 0 saturated heterocycles. The zero-order valence-corrected chi connectivity index (χ0v) is 23.7. The molecule has 4 rings (SSSR count). The number of carbonyl (C=O) groups is 1. The van der Waals surface area contributed by atoms with Gasteiger partial charge in [-0.25, -0.2) is 8.42 Å². The third kappa shape index (κ3) is 8.21. The van der Waals surface area contributed by atoms with Gasteiger partial charge in [-0.05, 0) is 63.2 Å².